The Morgan fingerprint density at radius 3 is 2.62 bits per heavy atom. The van der Waals surface area contributed by atoms with Gasteiger partial charge in [-0.25, -0.2) is 0 Å². The zero-order chi connectivity index (χ0) is 9.68. The number of carbonyl (C=O) groups is 1. The van der Waals surface area contributed by atoms with Crippen LogP contribution in [0.1, 0.15) is 25.7 Å². The molecular formula is C9H16O3S. The Kier molecular flexibility index (Phi) is 4.42. The van der Waals surface area contributed by atoms with Gasteiger partial charge in [0.25, 0.3) is 0 Å². The quantitative estimate of drug-likeness (QED) is 0.644. The number of rotatable bonds is 4. The first-order valence-electron chi connectivity index (χ1n) is 4.64. The molecule has 1 atom stereocenters. The summed E-state index contributed by atoms with van der Waals surface area (Å²) < 4.78 is 15.8. The maximum atomic E-state index is 11.4. The van der Waals surface area contributed by atoms with Crippen LogP contribution >= 0.6 is 0 Å². The summed E-state index contributed by atoms with van der Waals surface area (Å²) in [5.41, 5.74) is 0. The van der Waals surface area contributed by atoms with Gasteiger partial charge in [-0.1, -0.05) is 12.8 Å². The van der Waals surface area contributed by atoms with E-state index in [1.54, 1.807) is 0 Å². The van der Waals surface area contributed by atoms with Crippen LogP contribution in [0, 0.1) is 5.92 Å². The second-order valence-corrected chi connectivity index (χ2v) is 4.98. The molecule has 0 amide bonds. The van der Waals surface area contributed by atoms with E-state index in [4.69, 9.17) is 0 Å². The van der Waals surface area contributed by atoms with Gasteiger partial charge >= 0.3 is 5.97 Å². The first kappa shape index (κ1) is 10.7. The van der Waals surface area contributed by atoms with Gasteiger partial charge in [-0.3, -0.25) is 9.00 Å². The maximum absolute atomic E-state index is 11.4. The number of methoxy groups -OCH3 is 1. The van der Waals surface area contributed by atoms with Gasteiger partial charge in [0.15, 0.2) is 0 Å². The average molecular weight is 204 g/mol. The van der Waals surface area contributed by atoms with E-state index < -0.39 is 10.8 Å². The Balaban J connectivity index is 2.20. The number of esters is 1. The van der Waals surface area contributed by atoms with Crippen LogP contribution in [0.2, 0.25) is 0 Å². The zero-order valence-electron chi connectivity index (χ0n) is 7.95. The summed E-state index contributed by atoms with van der Waals surface area (Å²) >= 11 is 0. The Labute approximate surface area is 81.3 Å². The van der Waals surface area contributed by atoms with Crippen LogP contribution in [0.15, 0.2) is 0 Å². The van der Waals surface area contributed by atoms with E-state index in [1.807, 2.05) is 0 Å². The lowest BCUT2D eigenvalue weighted by Crippen LogP contribution is -2.17. The molecule has 0 aliphatic heterocycles. The largest absolute Gasteiger partial charge is 0.468 e. The molecule has 1 aliphatic carbocycles. The smallest absolute Gasteiger partial charge is 0.318 e. The first-order chi connectivity index (χ1) is 6.22. The molecule has 0 radical (unpaired) electrons. The van der Waals surface area contributed by atoms with E-state index >= 15 is 0 Å². The molecule has 1 fully saturated rings. The van der Waals surface area contributed by atoms with Crippen LogP contribution in [-0.2, 0) is 20.3 Å². The third-order valence-electron chi connectivity index (χ3n) is 2.40. The second kappa shape index (κ2) is 5.37. The molecule has 13 heavy (non-hydrogen) atoms. The highest BCUT2D eigenvalue weighted by Crippen LogP contribution is 2.25. The average Bonchev–Trinajstić information content (AvgIpc) is 2.56. The Morgan fingerprint density at radius 2 is 2.08 bits per heavy atom. The monoisotopic (exact) mass is 204 g/mol. The van der Waals surface area contributed by atoms with Gasteiger partial charge in [-0.15, -0.1) is 0 Å². The summed E-state index contributed by atoms with van der Waals surface area (Å²) in [6, 6.07) is 0. The van der Waals surface area contributed by atoms with Crippen molar-refractivity contribution in [2.24, 2.45) is 5.92 Å². The highest BCUT2D eigenvalue weighted by molar-refractivity contribution is 7.85. The fourth-order valence-electron chi connectivity index (χ4n) is 1.69. The topological polar surface area (TPSA) is 43.4 Å². The molecule has 76 valence electrons. The van der Waals surface area contributed by atoms with Gasteiger partial charge in [0, 0.05) is 16.6 Å². The van der Waals surface area contributed by atoms with Gasteiger partial charge in [-0.05, 0) is 18.8 Å². The van der Waals surface area contributed by atoms with Crippen molar-refractivity contribution in [3.05, 3.63) is 0 Å². The lowest BCUT2D eigenvalue weighted by molar-refractivity contribution is -0.137. The molecule has 0 spiro atoms. The van der Waals surface area contributed by atoms with Crippen LogP contribution in [0.25, 0.3) is 0 Å². The fraction of sp³-hybridized carbons (Fsp3) is 0.889. The fourth-order valence-corrected chi connectivity index (χ4v) is 3.05. The van der Waals surface area contributed by atoms with Gasteiger partial charge in [0.1, 0.15) is 5.75 Å². The van der Waals surface area contributed by atoms with Crippen LogP contribution < -0.4 is 0 Å². The molecule has 1 aliphatic rings. The molecule has 0 N–H and O–H groups in total. The molecule has 1 unspecified atom stereocenters. The van der Waals surface area contributed by atoms with Crippen LogP contribution in [0.3, 0.4) is 0 Å². The highest BCUT2D eigenvalue weighted by Gasteiger charge is 2.19. The molecular weight excluding hydrogens is 188 g/mol. The van der Waals surface area contributed by atoms with Gasteiger partial charge in [-0.2, -0.15) is 0 Å². The van der Waals surface area contributed by atoms with Crippen molar-refractivity contribution < 1.29 is 13.7 Å². The Bertz CT molecular complexity index is 197. The van der Waals surface area contributed by atoms with Gasteiger partial charge < -0.3 is 4.74 Å². The molecule has 3 nitrogen and oxygen atoms in total. The number of carbonyl (C=O) groups excluding carboxylic acids is 1. The van der Waals surface area contributed by atoms with Crippen molar-refractivity contribution in [2.75, 3.05) is 18.6 Å². The van der Waals surface area contributed by atoms with Gasteiger partial charge in [0.2, 0.25) is 0 Å². The van der Waals surface area contributed by atoms with E-state index in [9.17, 15) is 9.00 Å². The predicted octanol–water partition coefficient (Wildman–Crippen LogP) is 1.10. The minimum atomic E-state index is -1.01. The number of ether oxygens (including phenoxy) is 1. The molecule has 0 aromatic rings. The molecule has 0 heterocycles. The third kappa shape index (κ3) is 3.89. The van der Waals surface area contributed by atoms with Crippen molar-refractivity contribution in [1.82, 2.24) is 0 Å². The number of hydrogen-bond donors (Lipinski definition) is 0. The number of hydrogen-bond acceptors (Lipinski definition) is 3. The minimum Gasteiger partial charge on any atom is -0.468 e. The summed E-state index contributed by atoms with van der Waals surface area (Å²) in [6.45, 7) is 0. The van der Waals surface area contributed by atoms with Crippen molar-refractivity contribution in [3.63, 3.8) is 0 Å². The summed E-state index contributed by atoms with van der Waals surface area (Å²) in [6.07, 6.45) is 4.85. The molecule has 0 aromatic heterocycles. The lowest BCUT2D eigenvalue weighted by Gasteiger charge is -2.06. The summed E-state index contributed by atoms with van der Waals surface area (Å²) in [4.78, 5) is 10.8. The second-order valence-electron chi connectivity index (χ2n) is 3.48. The molecule has 0 aromatic carbocycles. The standard InChI is InChI=1S/C9H16O3S/c1-12-9(10)7-13(11)6-8-4-2-3-5-8/h8H,2-7H2,1H3. The van der Waals surface area contributed by atoms with E-state index in [0.29, 0.717) is 11.7 Å². The molecule has 1 rings (SSSR count). The molecule has 0 saturated heterocycles. The SMILES string of the molecule is COC(=O)CS(=O)CC1CCCC1. The lowest BCUT2D eigenvalue weighted by atomic mass is 10.1. The van der Waals surface area contributed by atoms with E-state index in [-0.39, 0.29) is 11.7 Å². The summed E-state index contributed by atoms with van der Waals surface area (Å²) in [5.74, 6) is 0.948. The Hall–Kier alpha value is -0.380. The summed E-state index contributed by atoms with van der Waals surface area (Å²) in [7, 11) is 0.314. The van der Waals surface area contributed by atoms with Crippen molar-refractivity contribution in [3.8, 4) is 0 Å². The van der Waals surface area contributed by atoms with Crippen molar-refractivity contribution in [1.29, 1.82) is 0 Å². The first-order valence-corrected chi connectivity index (χ1v) is 6.13. The molecule has 1 saturated carbocycles. The minimum absolute atomic E-state index is 0.0625. The van der Waals surface area contributed by atoms with E-state index in [1.165, 1.54) is 32.8 Å². The van der Waals surface area contributed by atoms with Crippen molar-refractivity contribution >= 4 is 16.8 Å². The van der Waals surface area contributed by atoms with Crippen LogP contribution in [-0.4, -0.2) is 28.8 Å². The van der Waals surface area contributed by atoms with Crippen LogP contribution in [0.4, 0.5) is 0 Å². The Morgan fingerprint density at radius 1 is 1.46 bits per heavy atom. The summed E-state index contributed by atoms with van der Waals surface area (Å²) in [5, 5.41) is 0. The highest BCUT2D eigenvalue weighted by atomic mass is 32.2. The predicted molar refractivity (Wildman–Crippen MR) is 51.9 cm³/mol. The molecule has 0 bridgehead atoms. The zero-order valence-corrected chi connectivity index (χ0v) is 8.77. The van der Waals surface area contributed by atoms with Gasteiger partial charge in [0.05, 0.1) is 7.11 Å². The van der Waals surface area contributed by atoms with Crippen LogP contribution in [0.5, 0.6) is 0 Å². The normalized spacial score (nSPS) is 20.1. The maximum Gasteiger partial charge on any atom is 0.318 e. The third-order valence-corrected chi connectivity index (χ3v) is 3.80. The van der Waals surface area contributed by atoms with E-state index in [2.05, 4.69) is 4.74 Å². The van der Waals surface area contributed by atoms with Crippen molar-refractivity contribution in [2.45, 2.75) is 25.7 Å². The van der Waals surface area contributed by atoms with E-state index in [0.717, 1.165) is 0 Å². The molecule has 4 heteroatoms.